The Morgan fingerprint density at radius 1 is 1.36 bits per heavy atom. The first kappa shape index (κ1) is 10.1. The lowest BCUT2D eigenvalue weighted by atomic mass is 10.4. The van der Waals surface area contributed by atoms with Crippen molar-refractivity contribution in [2.24, 2.45) is 0 Å². The van der Waals surface area contributed by atoms with Crippen molar-refractivity contribution in [1.82, 2.24) is 4.31 Å². The molecule has 2 rings (SSSR count). The summed E-state index contributed by atoms with van der Waals surface area (Å²) in [5.74, 6) is 0. The predicted molar refractivity (Wildman–Crippen MR) is 57.5 cm³/mol. The number of rotatable bonds is 2. The van der Waals surface area contributed by atoms with Crippen molar-refractivity contribution < 1.29 is 8.42 Å². The molecule has 76 valence electrons. The summed E-state index contributed by atoms with van der Waals surface area (Å²) in [6.45, 7) is 2.54. The molecule has 0 bridgehead atoms. The van der Waals surface area contributed by atoms with Gasteiger partial charge in [0.15, 0.2) is 0 Å². The number of hydrogen-bond donors (Lipinski definition) is 0. The second-order valence-electron chi connectivity index (χ2n) is 3.38. The maximum absolute atomic E-state index is 11.8. The zero-order valence-electron chi connectivity index (χ0n) is 7.64. The van der Waals surface area contributed by atoms with Gasteiger partial charge in [-0.25, -0.2) is 8.42 Å². The number of benzene rings is 1. The molecule has 0 radical (unpaired) electrons. The molecule has 5 heteroatoms. The number of hydrogen-bond acceptors (Lipinski definition) is 2. The van der Waals surface area contributed by atoms with Crippen molar-refractivity contribution >= 4 is 26.0 Å². The minimum absolute atomic E-state index is 0.156. The second kappa shape index (κ2) is 3.32. The van der Waals surface area contributed by atoms with Crippen LogP contribution in [0.25, 0.3) is 0 Å². The van der Waals surface area contributed by atoms with E-state index in [0.717, 1.165) is 4.47 Å². The van der Waals surface area contributed by atoms with E-state index in [1.807, 2.05) is 6.92 Å². The van der Waals surface area contributed by atoms with Gasteiger partial charge in [-0.05, 0) is 31.2 Å². The molecule has 0 aromatic heterocycles. The third kappa shape index (κ3) is 1.71. The van der Waals surface area contributed by atoms with Gasteiger partial charge in [0.2, 0.25) is 10.0 Å². The summed E-state index contributed by atoms with van der Waals surface area (Å²) in [4.78, 5) is 0.366. The van der Waals surface area contributed by atoms with E-state index >= 15 is 0 Å². The summed E-state index contributed by atoms with van der Waals surface area (Å²) in [6, 6.07) is 6.86. The van der Waals surface area contributed by atoms with E-state index in [1.54, 1.807) is 24.3 Å². The first-order valence-corrected chi connectivity index (χ1v) is 6.52. The van der Waals surface area contributed by atoms with Gasteiger partial charge in [-0.2, -0.15) is 4.31 Å². The minimum atomic E-state index is -3.22. The van der Waals surface area contributed by atoms with Crippen LogP contribution in [0.1, 0.15) is 6.92 Å². The lowest BCUT2D eigenvalue weighted by Gasteiger charge is -2.04. The predicted octanol–water partition coefficient (Wildman–Crippen LogP) is 1.84. The van der Waals surface area contributed by atoms with Crippen LogP contribution in [0.5, 0.6) is 0 Å². The lowest BCUT2D eigenvalue weighted by Crippen LogP contribution is -2.13. The Labute approximate surface area is 91.9 Å². The van der Waals surface area contributed by atoms with Crippen molar-refractivity contribution in [3.05, 3.63) is 28.7 Å². The first-order chi connectivity index (χ1) is 6.51. The second-order valence-corrected chi connectivity index (χ2v) is 6.18. The van der Waals surface area contributed by atoms with Crippen molar-refractivity contribution in [1.29, 1.82) is 0 Å². The molecule has 2 atom stereocenters. The average Bonchev–Trinajstić information content (AvgIpc) is 2.84. The zero-order valence-corrected chi connectivity index (χ0v) is 10.0. The summed E-state index contributed by atoms with van der Waals surface area (Å²) >= 11 is 3.27. The highest BCUT2D eigenvalue weighted by atomic mass is 79.9. The molecule has 1 fully saturated rings. The first-order valence-electron chi connectivity index (χ1n) is 4.29. The fraction of sp³-hybridized carbons (Fsp3) is 0.333. The van der Waals surface area contributed by atoms with Crippen LogP contribution in [0.15, 0.2) is 33.6 Å². The molecule has 3 nitrogen and oxygen atoms in total. The van der Waals surface area contributed by atoms with E-state index < -0.39 is 10.0 Å². The number of nitrogens with zero attached hydrogens (tertiary/aromatic N) is 1. The molecule has 1 aliphatic rings. The van der Waals surface area contributed by atoms with Crippen LogP contribution in [0.2, 0.25) is 0 Å². The van der Waals surface area contributed by atoms with Crippen LogP contribution in [0.3, 0.4) is 0 Å². The standard InChI is InChI=1S/C9H10BrNO2S/c1-7-6-11(7)14(12,13)9-4-2-8(10)3-5-9/h2-5,7H,6H2,1H3. The Morgan fingerprint density at radius 2 is 1.86 bits per heavy atom. The van der Waals surface area contributed by atoms with Gasteiger partial charge >= 0.3 is 0 Å². The highest BCUT2D eigenvalue weighted by molar-refractivity contribution is 9.10. The van der Waals surface area contributed by atoms with E-state index in [9.17, 15) is 8.42 Å². The van der Waals surface area contributed by atoms with Crippen molar-refractivity contribution in [3.8, 4) is 0 Å². The van der Waals surface area contributed by atoms with Gasteiger partial charge in [-0.3, -0.25) is 0 Å². The van der Waals surface area contributed by atoms with Crippen molar-refractivity contribution in [2.75, 3.05) is 6.54 Å². The molecule has 0 N–H and O–H groups in total. The van der Waals surface area contributed by atoms with Gasteiger partial charge in [0.05, 0.1) is 4.90 Å². The maximum Gasteiger partial charge on any atom is 0.243 e. The van der Waals surface area contributed by atoms with Gasteiger partial charge in [0.1, 0.15) is 0 Å². The summed E-state index contributed by atoms with van der Waals surface area (Å²) in [7, 11) is -3.22. The summed E-state index contributed by atoms with van der Waals surface area (Å²) in [5, 5.41) is 0. The molecular weight excluding hydrogens is 266 g/mol. The monoisotopic (exact) mass is 275 g/mol. The molecule has 0 amide bonds. The van der Waals surface area contributed by atoms with Gasteiger partial charge in [-0.1, -0.05) is 15.9 Å². The van der Waals surface area contributed by atoms with Crippen LogP contribution in [0, 0.1) is 0 Å². The van der Waals surface area contributed by atoms with Gasteiger partial charge < -0.3 is 0 Å². The molecule has 1 saturated heterocycles. The lowest BCUT2D eigenvalue weighted by molar-refractivity contribution is 0.555. The molecule has 1 aromatic carbocycles. The fourth-order valence-electron chi connectivity index (χ4n) is 1.29. The molecule has 2 unspecified atom stereocenters. The van der Waals surface area contributed by atoms with Crippen LogP contribution < -0.4 is 0 Å². The summed E-state index contributed by atoms with van der Waals surface area (Å²) < 4.78 is 26.0. The van der Waals surface area contributed by atoms with E-state index in [2.05, 4.69) is 15.9 Å². The Balaban J connectivity index is 2.35. The zero-order chi connectivity index (χ0) is 10.3. The Kier molecular flexibility index (Phi) is 2.41. The van der Waals surface area contributed by atoms with Crippen LogP contribution in [-0.4, -0.2) is 25.3 Å². The molecule has 0 saturated carbocycles. The van der Waals surface area contributed by atoms with Gasteiger partial charge in [0.25, 0.3) is 0 Å². The molecule has 0 aliphatic carbocycles. The van der Waals surface area contributed by atoms with E-state index in [1.165, 1.54) is 4.31 Å². The fourth-order valence-corrected chi connectivity index (χ4v) is 3.19. The highest BCUT2D eigenvalue weighted by Crippen LogP contribution is 2.28. The van der Waals surface area contributed by atoms with Crippen molar-refractivity contribution in [3.63, 3.8) is 0 Å². The molecule has 1 aliphatic heterocycles. The largest absolute Gasteiger partial charge is 0.243 e. The maximum atomic E-state index is 11.8. The molecule has 1 heterocycles. The summed E-state index contributed by atoms with van der Waals surface area (Å²) in [6.07, 6.45) is 0. The Morgan fingerprint density at radius 3 is 2.29 bits per heavy atom. The molecule has 1 aromatic rings. The third-order valence-electron chi connectivity index (χ3n) is 2.22. The van der Waals surface area contributed by atoms with E-state index in [0.29, 0.717) is 11.4 Å². The Bertz CT molecular complexity index is 440. The minimum Gasteiger partial charge on any atom is -0.207 e. The number of sulfonamides is 1. The van der Waals surface area contributed by atoms with Gasteiger partial charge in [0, 0.05) is 17.1 Å². The SMILES string of the molecule is CC1CN1S(=O)(=O)c1ccc(Br)cc1. The van der Waals surface area contributed by atoms with Gasteiger partial charge in [-0.15, -0.1) is 0 Å². The van der Waals surface area contributed by atoms with Crippen LogP contribution >= 0.6 is 15.9 Å². The third-order valence-corrected chi connectivity index (χ3v) is 4.75. The number of halogens is 1. The summed E-state index contributed by atoms with van der Waals surface area (Å²) in [5.41, 5.74) is 0. The van der Waals surface area contributed by atoms with Crippen molar-refractivity contribution in [2.45, 2.75) is 17.9 Å². The molecule has 0 spiro atoms. The van der Waals surface area contributed by atoms with Crippen LogP contribution in [0.4, 0.5) is 0 Å². The molecular formula is C9H10BrNO2S. The molecule has 14 heavy (non-hydrogen) atoms. The average molecular weight is 276 g/mol. The smallest absolute Gasteiger partial charge is 0.207 e. The highest BCUT2D eigenvalue weighted by Gasteiger charge is 2.40. The van der Waals surface area contributed by atoms with Crippen LogP contribution in [-0.2, 0) is 10.0 Å². The quantitative estimate of drug-likeness (QED) is 0.773. The Hall–Kier alpha value is -0.390. The van der Waals surface area contributed by atoms with E-state index in [-0.39, 0.29) is 6.04 Å². The van der Waals surface area contributed by atoms with E-state index in [4.69, 9.17) is 0 Å². The normalized spacial score (nSPS) is 26.1. The topological polar surface area (TPSA) is 37.1 Å².